The summed E-state index contributed by atoms with van der Waals surface area (Å²) in [5.41, 5.74) is 4.18. The summed E-state index contributed by atoms with van der Waals surface area (Å²) in [6.07, 6.45) is 5.35. The van der Waals surface area contributed by atoms with Crippen molar-refractivity contribution in [3.63, 3.8) is 0 Å². The average Bonchev–Trinajstić information content (AvgIpc) is 3.06. The van der Waals surface area contributed by atoms with Gasteiger partial charge in [0.1, 0.15) is 0 Å². The van der Waals surface area contributed by atoms with Crippen LogP contribution in [0.2, 0.25) is 0 Å². The monoisotopic (exact) mass is 364 g/mol. The van der Waals surface area contributed by atoms with Crippen molar-refractivity contribution in [2.24, 2.45) is 13.0 Å². The number of amides is 1. The minimum atomic E-state index is -0.0615. The third-order valence-corrected chi connectivity index (χ3v) is 4.02. The van der Waals surface area contributed by atoms with E-state index in [1.165, 1.54) is 0 Å². The molecule has 1 aromatic carbocycles. The van der Waals surface area contributed by atoms with Gasteiger partial charge in [0, 0.05) is 37.1 Å². The number of aryl methyl sites for hydroxylation is 2. The molecule has 0 atom stereocenters. The quantitative estimate of drug-likeness (QED) is 0.701. The minimum Gasteiger partial charge on any atom is -0.352 e. The summed E-state index contributed by atoms with van der Waals surface area (Å²) in [4.78, 5) is 21.1. The highest BCUT2D eigenvalue weighted by atomic mass is 16.1. The van der Waals surface area contributed by atoms with E-state index in [4.69, 9.17) is 0 Å². The average molecular weight is 364 g/mol. The molecule has 0 spiro atoms. The Labute approximate surface area is 158 Å². The summed E-state index contributed by atoms with van der Waals surface area (Å²) in [5, 5.41) is 10.2. The van der Waals surface area contributed by atoms with E-state index in [1.54, 1.807) is 17.1 Å². The number of nitrogens with one attached hydrogen (secondary N) is 2. The Morgan fingerprint density at radius 3 is 2.56 bits per heavy atom. The van der Waals surface area contributed by atoms with Gasteiger partial charge in [-0.3, -0.25) is 9.48 Å². The lowest BCUT2D eigenvalue weighted by molar-refractivity contribution is 0.0949. The Hall–Kier alpha value is -3.22. The summed E-state index contributed by atoms with van der Waals surface area (Å²) in [6, 6.07) is 7.46. The molecule has 3 rings (SSSR count). The zero-order valence-corrected chi connectivity index (χ0v) is 16.0. The van der Waals surface area contributed by atoms with E-state index >= 15 is 0 Å². The van der Waals surface area contributed by atoms with Crippen LogP contribution in [-0.2, 0) is 7.05 Å². The number of benzene rings is 1. The Morgan fingerprint density at radius 1 is 1.19 bits per heavy atom. The SMILES string of the molecule is Cc1cnc(Nc2cnn(C)c2)nc1-c1ccc(C(=O)NCC(C)C)cc1. The van der Waals surface area contributed by atoms with E-state index in [0.29, 0.717) is 24.0 Å². The molecule has 27 heavy (non-hydrogen) atoms. The molecular formula is C20H24N6O. The molecule has 0 aliphatic rings. The number of nitrogens with zero attached hydrogens (tertiary/aromatic N) is 4. The maximum absolute atomic E-state index is 12.2. The van der Waals surface area contributed by atoms with Crippen LogP contribution >= 0.6 is 0 Å². The van der Waals surface area contributed by atoms with Crippen molar-refractivity contribution in [1.29, 1.82) is 0 Å². The summed E-state index contributed by atoms with van der Waals surface area (Å²) in [5.74, 6) is 0.860. The molecule has 7 heteroatoms. The predicted molar refractivity (Wildman–Crippen MR) is 106 cm³/mol. The van der Waals surface area contributed by atoms with Gasteiger partial charge in [0.05, 0.1) is 17.6 Å². The lowest BCUT2D eigenvalue weighted by Crippen LogP contribution is -2.27. The topological polar surface area (TPSA) is 84.7 Å². The van der Waals surface area contributed by atoms with Gasteiger partial charge in [-0.1, -0.05) is 26.0 Å². The van der Waals surface area contributed by atoms with Gasteiger partial charge in [-0.15, -0.1) is 0 Å². The zero-order chi connectivity index (χ0) is 19.4. The van der Waals surface area contributed by atoms with E-state index in [0.717, 1.165) is 22.5 Å². The van der Waals surface area contributed by atoms with Crippen molar-refractivity contribution < 1.29 is 4.79 Å². The normalized spacial score (nSPS) is 10.9. The Kier molecular flexibility index (Phi) is 5.49. The van der Waals surface area contributed by atoms with Crippen LogP contribution in [0.4, 0.5) is 11.6 Å². The number of anilines is 2. The maximum Gasteiger partial charge on any atom is 0.251 e. The van der Waals surface area contributed by atoms with E-state index in [2.05, 4.69) is 39.5 Å². The lowest BCUT2D eigenvalue weighted by Gasteiger charge is -2.10. The molecule has 1 amide bonds. The van der Waals surface area contributed by atoms with Crippen molar-refractivity contribution in [3.05, 3.63) is 54.0 Å². The standard InChI is InChI=1S/C20H24N6O/c1-13(2)9-21-19(27)16-7-5-15(6-8-16)18-14(3)10-22-20(25-18)24-17-11-23-26(4)12-17/h5-8,10-13H,9H2,1-4H3,(H,21,27)(H,22,24,25). The molecule has 140 valence electrons. The zero-order valence-electron chi connectivity index (χ0n) is 16.0. The smallest absolute Gasteiger partial charge is 0.251 e. The molecule has 0 aliphatic carbocycles. The summed E-state index contributed by atoms with van der Waals surface area (Å²) in [7, 11) is 1.85. The van der Waals surface area contributed by atoms with E-state index < -0.39 is 0 Å². The molecule has 7 nitrogen and oxygen atoms in total. The van der Waals surface area contributed by atoms with Crippen LogP contribution in [0, 0.1) is 12.8 Å². The highest BCUT2D eigenvalue weighted by molar-refractivity contribution is 5.94. The number of carbonyl (C=O) groups is 1. The Balaban J connectivity index is 1.79. The highest BCUT2D eigenvalue weighted by Crippen LogP contribution is 2.23. The van der Waals surface area contributed by atoms with Crippen molar-refractivity contribution in [2.45, 2.75) is 20.8 Å². The lowest BCUT2D eigenvalue weighted by atomic mass is 10.1. The molecule has 0 unspecified atom stereocenters. The number of carbonyl (C=O) groups excluding carboxylic acids is 1. The van der Waals surface area contributed by atoms with Crippen LogP contribution in [0.25, 0.3) is 11.3 Å². The predicted octanol–water partition coefficient (Wildman–Crippen LogP) is 3.31. The van der Waals surface area contributed by atoms with Gasteiger partial charge in [0.2, 0.25) is 5.95 Å². The van der Waals surface area contributed by atoms with Gasteiger partial charge in [0.25, 0.3) is 5.91 Å². The molecule has 0 saturated carbocycles. The van der Waals surface area contributed by atoms with Gasteiger partial charge in [-0.05, 0) is 30.5 Å². The van der Waals surface area contributed by atoms with Crippen molar-refractivity contribution in [3.8, 4) is 11.3 Å². The van der Waals surface area contributed by atoms with Gasteiger partial charge < -0.3 is 10.6 Å². The number of hydrogen-bond donors (Lipinski definition) is 2. The number of hydrogen-bond acceptors (Lipinski definition) is 5. The molecule has 0 aliphatic heterocycles. The van der Waals surface area contributed by atoms with Gasteiger partial charge in [-0.2, -0.15) is 5.10 Å². The van der Waals surface area contributed by atoms with E-state index in [1.807, 2.05) is 44.4 Å². The molecule has 3 aromatic rings. The van der Waals surface area contributed by atoms with Crippen LogP contribution in [0.1, 0.15) is 29.8 Å². The van der Waals surface area contributed by atoms with Gasteiger partial charge in [-0.25, -0.2) is 9.97 Å². The first-order valence-electron chi connectivity index (χ1n) is 8.90. The molecule has 0 saturated heterocycles. The second-order valence-electron chi connectivity index (χ2n) is 6.93. The molecule has 2 N–H and O–H groups in total. The molecule has 2 heterocycles. The minimum absolute atomic E-state index is 0.0615. The van der Waals surface area contributed by atoms with E-state index in [-0.39, 0.29) is 5.91 Å². The highest BCUT2D eigenvalue weighted by Gasteiger charge is 2.10. The summed E-state index contributed by atoms with van der Waals surface area (Å²) >= 11 is 0. The summed E-state index contributed by atoms with van der Waals surface area (Å²) in [6.45, 7) is 6.76. The second-order valence-corrected chi connectivity index (χ2v) is 6.93. The number of aromatic nitrogens is 4. The molecular weight excluding hydrogens is 340 g/mol. The van der Waals surface area contributed by atoms with Gasteiger partial charge >= 0.3 is 0 Å². The van der Waals surface area contributed by atoms with Crippen LogP contribution in [0.3, 0.4) is 0 Å². The molecule has 2 aromatic heterocycles. The third-order valence-electron chi connectivity index (χ3n) is 4.02. The van der Waals surface area contributed by atoms with Crippen LogP contribution < -0.4 is 10.6 Å². The maximum atomic E-state index is 12.2. The fourth-order valence-corrected chi connectivity index (χ4v) is 2.59. The van der Waals surface area contributed by atoms with Crippen LogP contribution in [-0.4, -0.2) is 32.2 Å². The molecule has 0 radical (unpaired) electrons. The van der Waals surface area contributed by atoms with Crippen LogP contribution in [0.15, 0.2) is 42.9 Å². The second kappa shape index (κ2) is 7.99. The van der Waals surface area contributed by atoms with Crippen LogP contribution in [0.5, 0.6) is 0 Å². The summed E-state index contributed by atoms with van der Waals surface area (Å²) < 4.78 is 1.71. The fraction of sp³-hybridized carbons (Fsp3) is 0.300. The van der Waals surface area contributed by atoms with E-state index in [9.17, 15) is 4.79 Å². The Morgan fingerprint density at radius 2 is 1.93 bits per heavy atom. The Bertz CT molecular complexity index is 930. The first-order chi connectivity index (χ1) is 12.9. The third kappa shape index (κ3) is 4.69. The fourth-order valence-electron chi connectivity index (χ4n) is 2.59. The number of rotatable bonds is 6. The van der Waals surface area contributed by atoms with Gasteiger partial charge in [0.15, 0.2) is 0 Å². The van der Waals surface area contributed by atoms with Crippen molar-refractivity contribution >= 4 is 17.5 Å². The largest absolute Gasteiger partial charge is 0.352 e. The molecule has 0 fully saturated rings. The first-order valence-corrected chi connectivity index (χ1v) is 8.90. The van der Waals surface area contributed by atoms with Crippen molar-refractivity contribution in [2.75, 3.05) is 11.9 Å². The molecule has 0 bridgehead atoms. The first kappa shape index (κ1) is 18.6. The van der Waals surface area contributed by atoms with Crippen molar-refractivity contribution in [1.82, 2.24) is 25.1 Å².